The van der Waals surface area contributed by atoms with Gasteiger partial charge in [0.05, 0.1) is 17.6 Å². The molecule has 0 saturated carbocycles. The van der Waals surface area contributed by atoms with Crippen molar-refractivity contribution in [1.82, 2.24) is 14.3 Å². The number of pyridine rings is 1. The molecule has 0 atom stereocenters. The van der Waals surface area contributed by atoms with Crippen molar-refractivity contribution in [2.45, 2.75) is 6.92 Å². The first-order chi connectivity index (χ1) is 17.9. The number of thioether (sulfide) groups is 1. The fourth-order valence-corrected chi connectivity index (χ4v) is 5.81. The lowest BCUT2D eigenvalue weighted by Gasteiger charge is -2.37. The summed E-state index contributed by atoms with van der Waals surface area (Å²) in [5.74, 6) is 1.18. The van der Waals surface area contributed by atoms with Gasteiger partial charge in [-0.3, -0.25) is 18.9 Å². The molecular weight excluding hydrogens is 506 g/mol. The molecule has 10 heteroatoms. The van der Waals surface area contributed by atoms with E-state index in [1.807, 2.05) is 31.2 Å². The van der Waals surface area contributed by atoms with E-state index in [4.69, 9.17) is 21.9 Å². The Bertz CT molecular complexity index is 1470. The largest absolute Gasteiger partial charge is 0.497 e. The van der Waals surface area contributed by atoms with Gasteiger partial charge in [0, 0.05) is 44.6 Å². The highest BCUT2D eigenvalue weighted by atomic mass is 32.2. The van der Waals surface area contributed by atoms with Crippen molar-refractivity contribution in [3.63, 3.8) is 0 Å². The molecule has 2 aromatic heterocycles. The zero-order chi connectivity index (χ0) is 26.1. The van der Waals surface area contributed by atoms with Crippen molar-refractivity contribution in [3.8, 4) is 5.75 Å². The minimum atomic E-state index is -0.223. The number of benzene rings is 1. The van der Waals surface area contributed by atoms with Gasteiger partial charge >= 0.3 is 0 Å². The maximum Gasteiger partial charge on any atom is 0.267 e. The van der Waals surface area contributed by atoms with E-state index in [-0.39, 0.29) is 11.5 Å². The topological polar surface area (TPSA) is 70.4 Å². The van der Waals surface area contributed by atoms with Crippen LogP contribution >= 0.6 is 24.0 Å². The van der Waals surface area contributed by atoms with Crippen LogP contribution in [-0.4, -0.2) is 64.3 Å². The highest BCUT2D eigenvalue weighted by molar-refractivity contribution is 8.26. The maximum atomic E-state index is 13.7. The lowest BCUT2D eigenvalue weighted by Crippen LogP contribution is -2.47. The zero-order valence-corrected chi connectivity index (χ0v) is 22.3. The van der Waals surface area contributed by atoms with Crippen LogP contribution in [0.1, 0.15) is 11.1 Å². The van der Waals surface area contributed by atoms with Crippen molar-refractivity contribution in [3.05, 3.63) is 81.6 Å². The van der Waals surface area contributed by atoms with Crippen LogP contribution in [0.2, 0.25) is 0 Å². The molecule has 2 fully saturated rings. The number of carbonyl (C=O) groups excluding carboxylic acids is 1. The standard InChI is InChI=1S/C27H27N5O3S2/c1-4-11-32-26(34)22(37-27(32)36)17-21-24(28-23-18(2)6-5-12-31(23)25(21)33)30-15-13-29(14-16-30)19-7-9-20(35-3)10-8-19/h4-10,12,17H,1,11,13-16H2,2-3H3. The van der Waals surface area contributed by atoms with Gasteiger partial charge in [-0.25, -0.2) is 4.98 Å². The van der Waals surface area contributed by atoms with Crippen LogP contribution in [0.5, 0.6) is 5.75 Å². The molecule has 0 spiro atoms. The van der Waals surface area contributed by atoms with Crippen molar-refractivity contribution >= 4 is 57.4 Å². The number of methoxy groups -OCH3 is 1. The van der Waals surface area contributed by atoms with E-state index >= 15 is 0 Å². The quantitative estimate of drug-likeness (QED) is 0.270. The Labute approximate surface area is 224 Å². The summed E-state index contributed by atoms with van der Waals surface area (Å²) in [6, 6.07) is 11.8. The number of piperazine rings is 1. The highest BCUT2D eigenvalue weighted by Gasteiger charge is 2.32. The fraction of sp³-hybridized carbons (Fsp3) is 0.259. The van der Waals surface area contributed by atoms with E-state index in [1.54, 1.807) is 29.9 Å². The van der Waals surface area contributed by atoms with E-state index in [0.717, 1.165) is 30.1 Å². The SMILES string of the molecule is C=CCN1C(=O)C(=Cc2c(N3CCN(c4ccc(OC)cc4)CC3)nc3c(C)cccn3c2=O)SC1=S. The monoisotopic (exact) mass is 533 g/mol. The average Bonchev–Trinajstić information content (AvgIpc) is 3.18. The summed E-state index contributed by atoms with van der Waals surface area (Å²) < 4.78 is 7.27. The number of rotatable bonds is 6. The Balaban J connectivity index is 1.52. The van der Waals surface area contributed by atoms with Gasteiger partial charge in [-0.05, 0) is 48.9 Å². The molecule has 4 heterocycles. The van der Waals surface area contributed by atoms with Crippen LogP contribution < -0.4 is 20.1 Å². The molecule has 190 valence electrons. The lowest BCUT2D eigenvalue weighted by atomic mass is 10.2. The summed E-state index contributed by atoms with van der Waals surface area (Å²) in [5, 5.41) is 0. The van der Waals surface area contributed by atoms with Crippen LogP contribution in [0, 0.1) is 6.92 Å². The van der Waals surface area contributed by atoms with Gasteiger partial charge in [0.25, 0.3) is 11.5 Å². The summed E-state index contributed by atoms with van der Waals surface area (Å²) >= 11 is 6.59. The second kappa shape index (κ2) is 10.4. The van der Waals surface area contributed by atoms with Gasteiger partial charge in [-0.2, -0.15) is 0 Å². The van der Waals surface area contributed by atoms with Crippen LogP contribution in [0.4, 0.5) is 11.5 Å². The third-order valence-electron chi connectivity index (χ3n) is 6.54. The minimum absolute atomic E-state index is 0.213. The Morgan fingerprint density at radius 3 is 2.49 bits per heavy atom. The number of thiocarbonyl (C=S) groups is 1. The summed E-state index contributed by atoms with van der Waals surface area (Å²) in [7, 11) is 1.66. The molecule has 0 aliphatic carbocycles. The number of hydrogen-bond donors (Lipinski definition) is 0. The fourth-order valence-electron chi connectivity index (χ4n) is 4.55. The first-order valence-corrected chi connectivity index (χ1v) is 13.2. The van der Waals surface area contributed by atoms with Gasteiger partial charge in [-0.15, -0.1) is 6.58 Å². The molecule has 2 aliphatic heterocycles. The highest BCUT2D eigenvalue weighted by Crippen LogP contribution is 2.34. The van der Waals surface area contributed by atoms with Gasteiger partial charge in [-0.1, -0.05) is 36.1 Å². The molecule has 3 aromatic rings. The van der Waals surface area contributed by atoms with Crippen LogP contribution in [0.3, 0.4) is 0 Å². The number of aryl methyl sites for hydroxylation is 1. The van der Waals surface area contributed by atoms with Crippen molar-refractivity contribution in [2.75, 3.05) is 49.6 Å². The molecule has 2 aliphatic rings. The van der Waals surface area contributed by atoms with Crippen LogP contribution in [0.25, 0.3) is 11.7 Å². The average molecular weight is 534 g/mol. The summed E-state index contributed by atoms with van der Waals surface area (Å²) in [6.45, 7) is 8.87. The molecule has 8 nitrogen and oxygen atoms in total. The third kappa shape index (κ3) is 4.74. The van der Waals surface area contributed by atoms with Crippen molar-refractivity contribution < 1.29 is 9.53 Å². The van der Waals surface area contributed by atoms with E-state index in [1.165, 1.54) is 16.7 Å². The molecular formula is C27H27N5O3S2. The van der Waals surface area contributed by atoms with Gasteiger partial charge in [0.2, 0.25) is 0 Å². The summed E-state index contributed by atoms with van der Waals surface area (Å²) in [4.78, 5) is 38.0. The Hall–Kier alpha value is -3.63. The molecule has 2 saturated heterocycles. The molecule has 1 amide bonds. The van der Waals surface area contributed by atoms with Crippen molar-refractivity contribution in [1.29, 1.82) is 0 Å². The van der Waals surface area contributed by atoms with Crippen LogP contribution in [-0.2, 0) is 4.79 Å². The van der Waals surface area contributed by atoms with Gasteiger partial charge in [0.1, 0.15) is 21.5 Å². The van der Waals surface area contributed by atoms with Gasteiger partial charge in [0.15, 0.2) is 0 Å². The lowest BCUT2D eigenvalue weighted by molar-refractivity contribution is -0.121. The molecule has 0 bridgehead atoms. The predicted molar refractivity (Wildman–Crippen MR) is 154 cm³/mol. The third-order valence-corrected chi connectivity index (χ3v) is 7.92. The molecule has 0 radical (unpaired) electrons. The van der Waals surface area contributed by atoms with Gasteiger partial charge < -0.3 is 14.5 Å². The number of aromatic nitrogens is 2. The molecule has 37 heavy (non-hydrogen) atoms. The first kappa shape index (κ1) is 25.0. The second-order valence-corrected chi connectivity index (χ2v) is 10.5. The molecule has 5 rings (SSSR count). The normalized spacial score (nSPS) is 17.2. The molecule has 0 N–H and O–H groups in total. The smallest absolute Gasteiger partial charge is 0.267 e. The molecule has 1 aromatic carbocycles. The number of ether oxygens (including phenoxy) is 1. The Morgan fingerprint density at radius 1 is 1.11 bits per heavy atom. The van der Waals surface area contributed by atoms with E-state index in [9.17, 15) is 9.59 Å². The number of amides is 1. The van der Waals surface area contributed by atoms with E-state index in [2.05, 4.69) is 28.5 Å². The first-order valence-electron chi connectivity index (χ1n) is 11.9. The van der Waals surface area contributed by atoms with E-state index in [0.29, 0.717) is 45.9 Å². The summed E-state index contributed by atoms with van der Waals surface area (Å²) in [5.41, 5.74) is 2.81. The van der Waals surface area contributed by atoms with Crippen LogP contribution in [0.15, 0.2) is 64.9 Å². The number of anilines is 2. The Morgan fingerprint density at radius 2 is 1.81 bits per heavy atom. The van der Waals surface area contributed by atoms with E-state index < -0.39 is 0 Å². The second-order valence-electron chi connectivity index (χ2n) is 8.79. The number of carbonyl (C=O) groups is 1. The Kier molecular flexibility index (Phi) is 7.03. The van der Waals surface area contributed by atoms with Crippen molar-refractivity contribution in [2.24, 2.45) is 0 Å². The summed E-state index contributed by atoms with van der Waals surface area (Å²) in [6.07, 6.45) is 5.00. The molecule has 0 unspecified atom stereocenters. The predicted octanol–water partition coefficient (Wildman–Crippen LogP) is 3.73. The number of nitrogens with zero attached hydrogens (tertiary/aromatic N) is 5. The number of fused-ring (bicyclic) bond motifs is 1. The minimum Gasteiger partial charge on any atom is -0.497 e. The maximum absolute atomic E-state index is 13.7. The zero-order valence-electron chi connectivity index (χ0n) is 20.7. The number of hydrogen-bond acceptors (Lipinski definition) is 8.